The van der Waals surface area contributed by atoms with Crippen molar-refractivity contribution < 1.29 is 24.5 Å². The molecule has 0 radical (unpaired) electrons. The minimum absolute atomic E-state index is 0.00779. The molecule has 0 fully saturated rings. The van der Waals surface area contributed by atoms with Crippen molar-refractivity contribution in [1.29, 1.82) is 0 Å². The zero-order valence-corrected chi connectivity index (χ0v) is 44.0. The van der Waals surface area contributed by atoms with E-state index in [1.165, 1.54) is 250 Å². The number of nitrogens with one attached hydrogen (secondary N) is 1. The molecule has 0 heterocycles. The number of hydrogen-bond acceptors (Lipinski definition) is 5. The number of unbranched alkanes of at least 4 members (excludes halogenated alkanes) is 42. The Morgan fingerprint density at radius 3 is 1.09 bits per heavy atom. The number of carbonyl (C=O) groups is 2. The van der Waals surface area contributed by atoms with Crippen LogP contribution in [0, 0.1) is 0 Å². The molecule has 0 aromatic heterocycles. The number of carbonyl (C=O) groups excluding carboxylic acids is 2. The van der Waals surface area contributed by atoms with Gasteiger partial charge in [0.2, 0.25) is 5.91 Å². The normalized spacial score (nSPS) is 12.6. The number of allylic oxidation sites excluding steroid dienone is 2. The van der Waals surface area contributed by atoms with Crippen molar-refractivity contribution in [2.45, 2.75) is 341 Å². The Kier molecular flexibility index (Phi) is 54.0. The number of aliphatic hydroxyl groups excluding tert-OH is 2. The molecule has 6 nitrogen and oxygen atoms in total. The van der Waals surface area contributed by atoms with Crippen molar-refractivity contribution in [2.24, 2.45) is 0 Å². The summed E-state index contributed by atoms with van der Waals surface area (Å²) in [6, 6.07) is -0.537. The van der Waals surface area contributed by atoms with Gasteiger partial charge in [-0.1, -0.05) is 276 Å². The first kappa shape index (κ1) is 63.6. The highest BCUT2D eigenvalue weighted by Gasteiger charge is 2.20. The van der Waals surface area contributed by atoms with Gasteiger partial charge in [-0.15, -0.1) is 0 Å². The predicted octanol–water partition coefficient (Wildman–Crippen LogP) is 18.1. The number of esters is 1. The second-order valence-electron chi connectivity index (χ2n) is 20.3. The highest BCUT2D eigenvalue weighted by molar-refractivity contribution is 5.76. The summed E-state index contributed by atoms with van der Waals surface area (Å²) in [6.45, 7) is 4.94. The summed E-state index contributed by atoms with van der Waals surface area (Å²) in [5.74, 6) is -0.0274. The van der Waals surface area contributed by atoms with Crippen LogP contribution in [0.5, 0.6) is 0 Å². The lowest BCUT2D eigenvalue weighted by molar-refractivity contribution is -0.143. The highest BCUT2D eigenvalue weighted by Crippen LogP contribution is 2.18. The number of rotatable bonds is 55. The monoisotopic (exact) mass is 918 g/mol. The van der Waals surface area contributed by atoms with Crippen molar-refractivity contribution in [3.05, 3.63) is 12.2 Å². The quantitative estimate of drug-likeness (QED) is 0.0321. The first-order valence-corrected chi connectivity index (χ1v) is 29.4. The SMILES string of the molecule is CCCCCCCC/C=C\CCCCCCCC(=O)OCCCCCCCCCCCCCCCCCCCCCCCCCCC(=O)NC(CO)C(O)CCCCCCCCCCC. The fourth-order valence-corrected chi connectivity index (χ4v) is 9.28. The van der Waals surface area contributed by atoms with Gasteiger partial charge in [0, 0.05) is 12.8 Å². The minimum atomic E-state index is -0.660. The van der Waals surface area contributed by atoms with E-state index in [9.17, 15) is 19.8 Å². The first-order chi connectivity index (χ1) is 32.0. The van der Waals surface area contributed by atoms with E-state index in [1.807, 2.05) is 0 Å². The van der Waals surface area contributed by atoms with Crippen LogP contribution in [0.25, 0.3) is 0 Å². The van der Waals surface area contributed by atoms with Gasteiger partial charge >= 0.3 is 5.97 Å². The fourth-order valence-electron chi connectivity index (χ4n) is 9.28. The molecule has 386 valence electrons. The summed E-state index contributed by atoms with van der Waals surface area (Å²) in [5.41, 5.74) is 0. The second kappa shape index (κ2) is 55.2. The van der Waals surface area contributed by atoms with Crippen molar-refractivity contribution in [2.75, 3.05) is 13.2 Å². The van der Waals surface area contributed by atoms with Crippen LogP contribution >= 0.6 is 0 Å². The van der Waals surface area contributed by atoms with E-state index in [-0.39, 0.29) is 18.5 Å². The smallest absolute Gasteiger partial charge is 0.305 e. The maximum absolute atomic E-state index is 12.4. The molecule has 2 atom stereocenters. The molecule has 0 saturated heterocycles. The predicted molar refractivity (Wildman–Crippen MR) is 283 cm³/mol. The molecule has 0 spiro atoms. The van der Waals surface area contributed by atoms with Crippen LogP contribution in [0.15, 0.2) is 12.2 Å². The summed E-state index contributed by atoms with van der Waals surface area (Å²) in [7, 11) is 0. The van der Waals surface area contributed by atoms with Gasteiger partial charge < -0.3 is 20.3 Å². The van der Waals surface area contributed by atoms with Gasteiger partial charge in [-0.25, -0.2) is 0 Å². The van der Waals surface area contributed by atoms with Crippen LogP contribution in [-0.2, 0) is 14.3 Å². The average molecular weight is 919 g/mol. The zero-order chi connectivity index (χ0) is 47.2. The van der Waals surface area contributed by atoms with Gasteiger partial charge in [0.1, 0.15) is 0 Å². The van der Waals surface area contributed by atoms with Gasteiger partial charge in [0.05, 0.1) is 25.4 Å². The number of hydrogen-bond donors (Lipinski definition) is 3. The van der Waals surface area contributed by atoms with E-state index in [1.54, 1.807) is 0 Å². The van der Waals surface area contributed by atoms with E-state index in [0.29, 0.717) is 25.9 Å². The molecule has 65 heavy (non-hydrogen) atoms. The molecule has 0 bridgehead atoms. The van der Waals surface area contributed by atoms with Crippen LogP contribution in [0.3, 0.4) is 0 Å². The molecular formula is C59H115NO5. The standard InChI is InChI=1S/C59H115NO5/c1-3-5-7-9-11-13-14-15-26-30-33-37-41-45-49-53-59(64)65-54-50-46-42-38-34-31-28-25-23-21-19-17-16-18-20-22-24-27-29-32-36-40-44-48-52-58(63)60-56(55-61)57(62)51-47-43-39-35-12-10-8-6-4-2/h15,26,56-57,61-62H,3-14,16-25,27-55H2,1-2H3,(H,60,63)/b26-15-. The second-order valence-corrected chi connectivity index (χ2v) is 20.3. The molecule has 1 amide bonds. The minimum Gasteiger partial charge on any atom is -0.466 e. The lowest BCUT2D eigenvalue weighted by Crippen LogP contribution is -2.45. The average Bonchev–Trinajstić information content (AvgIpc) is 3.31. The van der Waals surface area contributed by atoms with Gasteiger partial charge in [-0.2, -0.15) is 0 Å². The Labute approximate surface area is 406 Å². The fraction of sp³-hybridized carbons (Fsp3) is 0.932. The summed E-state index contributed by atoms with van der Waals surface area (Å²) >= 11 is 0. The molecule has 0 aliphatic rings. The number of amides is 1. The van der Waals surface area contributed by atoms with Crippen LogP contribution in [0.1, 0.15) is 328 Å². The molecule has 0 rings (SSSR count). The highest BCUT2D eigenvalue weighted by atomic mass is 16.5. The van der Waals surface area contributed by atoms with Crippen molar-refractivity contribution in [3.63, 3.8) is 0 Å². The third-order valence-electron chi connectivity index (χ3n) is 13.8. The Morgan fingerprint density at radius 2 is 0.723 bits per heavy atom. The third-order valence-corrected chi connectivity index (χ3v) is 13.8. The maximum Gasteiger partial charge on any atom is 0.305 e. The number of aliphatic hydroxyl groups is 2. The van der Waals surface area contributed by atoms with E-state index in [4.69, 9.17) is 4.74 Å². The van der Waals surface area contributed by atoms with E-state index in [2.05, 4.69) is 31.3 Å². The van der Waals surface area contributed by atoms with E-state index >= 15 is 0 Å². The van der Waals surface area contributed by atoms with Gasteiger partial charge in [-0.05, 0) is 51.4 Å². The van der Waals surface area contributed by atoms with Crippen LogP contribution < -0.4 is 5.32 Å². The third kappa shape index (κ3) is 51.8. The molecule has 2 unspecified atom stereocenters. The van der Waals surface area contributed by atoms with Crippen LogP contribution in [-0.4, -0.2) is 47.4 Å². The molecule has 6 heteroatoms. The molecule has 0 aromatic carbocycles. The van der Waals surface area contributed by atoms with Gasteiger partial charge in [0.25, 0.3) is 0 Å². The topological polar surface area (TPSA) is 95.9 Å². The molecular weight excluding hydrogens is 803 g/mol. The van der Waals surface area contributed by atoms with E-state index < -0.39 is 12.1 Å². The van der Waals surface area contributed by atoms with Gasteiger partial charge in [0.15, 0.2) is 0 Å². The Morgan fingerprint density at radius 1 is 0.415 bits per heavy atom. The summed E-state index contributed by atoms with van der Waals surface area (Å²) in [4.78, 5) is 24.4. The zero-order valence-electron chi connectivity index (χ0n) is 44.0. The van der Waals surface area contributed by atoms with Crippen molar-refractivity contribution in [1.82, 2.24) is 5.32 Å². The summed E-state index contributed by atoms with van der Waals surface area (Å²) in [5, 5.41) is 23.1. The lowest BCUT2D eigenvalue weighted by atomic mass is 10.0. The first-order valence-electron chi connectivity index (χ1n) is 29.4. The molecule has 0 aliphatic heterocycles. The molecule has 0 aromatic rings. The summed E-state index contributed by atoms with van der Waals surface area (Å²) < 4.78 is 5.48. The van der Waals surface area contributed by atoms with Crippen LogP contribution in [0.4, 0.5) is 0 Å². The Balaban J connectivity index is 3.32. The Hall–Kier alpha value is -1.40. The van der Waals surface area contributed by atoms with Crippen molar-refractivity contribution >= 4 is 11.9 Å². The summed E-state index contributed by atoms with van der Waals surface area (Å²) in [6.07, 6.45) is 65.1. The molecule has 0 aliphatic carbocycles. The maximum atomic E-state index is 12.4. The lowest BCUT2D eigenvalue weighted by Gasteiger charge is -2.22. The largest absolute Gasteiger partial charge is 0.466 e. The Bertz CT molecular complexity index is 970. The molecule has 3 N–H and O–H groups in total. The van der Waals surface area contributed by atoms with Crippen molar-refractivity contribution in [3.8, 4) is 0 Å². The van der Waals surface area contributed by atoms with Gasteiger partial charge in [-0.3, -0.25) is 9.59 Å². The number of ether oxygens (including phenoxy) is 1. The van der Waals surface area contributed by atoms with E-state index in [0.717, 1.165) is 44.9 Å². The van der Waals surface area contributed by atoms with Crippen LogP contribution in [0.2, 0.25) is 0 Å². The molecule has 0 saturated carbocycles.